The summed E-state index contributed by atoms with van der Waals surface area (Å²) in [4.78, 5) is 21.2. The Kier molecular flexibility index (Phi) is 4.18. The number of esters is 1. The van der Waals surface area contributed by atoms with Gasteiger partial charge >= 0.3 is 5.97 Å². The molecule has 1 rings (SSSR count). The number of nitrogens with zero attached hydrogens (tertiary/aromatic N) is 2. The second-order valence-electron chi connectivity index (χ2n) is 3.17. The van der Waals surface area contributed by atoms with Gasteiger partial charge in [-0.1, -0.05) is 11.6 Å². The maximum absolute atomic E-state index is 13.3. The zero-order chi connectivity index (χ0) is 13.9. The average Bonchev–Trinajstić information content (AvgIpc) is 2.33. The van der Waals surface area contributed by atoms with Gasteiger partial charge in [-0.25, -0.2) is 4.39 Å². The Morgan fingerprint density at radius 3 is 2.72 bits per heavy atom. The van der Waals surface area contributed by atoms with E-state index in [2.05, 4.69) is 4.74 Å². The number of hydrogen-bond donors (Lipinski definition) is 0. The van der Waals surface area contributed by atoms with Gasteiger partial charge in [0.05, 0.1) is 28.7 Å². The lowest BCUT2D eigenvalue weighted by Crippen LogP contribution is -2.14. The molecule has 0 amide bonds. The summed E-state index contributed by atoms with van der Waals surface area (Å²) < 4.78 is 17.6. The molecule has 1 unspecified atom stereocenters. The summed E-state index contributed by atoms with van der Waals surface area (Å²) >= 11 is 5.41. The molecule has 0 aliphatic rings. The van der Waals surface area contributed by atoms with E-state index in [1.807, 2.05) is 0 Å². The number of halogens is 2. The number of benzene rings is 1. The predicted octanol–water partition coefficient (Wildman–Crippen LogP) is 2.17. The van der Waals surface area contributed by atoms with Gasteiger partial charge in [-0.2, -0.15) is 5.26 Å². The molecule has 0 bridgehead atoms. The molecule has 0 aromatic heterocycles. The summed E-state index contributed by atoms with van der Waals surface area (Å²) in [5, 5.41) is 19.1. The van der Waals surface area contributed by atoms with Crippen LogP contribution in [0.15, 0.2) is 12.1 Å². The molecule has 0 heterocycles. The lowest BCUT2D eigenvalue weighted by molar-refractivity contribution is -0.385. The molecule has 0 saturated heterocycles. The van der Waals surface area contributed by atoms with Gasteiger partial charge in [0.15, 0.2) is 5.92 Å². The summed E-state index contributed by atoms with van der Waals surface area (Å²) in [7, 11) is 1.02. The van der Waals surface area contributed by atoms with E-state index in [1.165, 1.54) is 6.07 Å². The highest BCUT2D eigenvalue weighted by atomic mass is 35.5. The molecule has 0 N–H and O–H groups in total. The van der Waals surface area contributed by atoms with Gasteiger partial charge in [0.25, 0.3) is 5.69 Å². The minimum atomic E-state index is -1.58. The number of nitriles is 1. The van der Waals surface area contributed by atoms with Crippen molar-refractivity contribution in [3.8, 4) is 6.07 Å². The standard InChI is InChI=1S/C10H6ClFN2O4/c1-18-10(15)6(4-13)5-2-8(12)7(11)3-9(5)14(16)17/h2-3,6H,1H3. The normalized spacial score (nSPS) is 11.4. The van der Waals surface area contributed by atoms with Crippen molar-refractivity contribution >= 4 is 23.3 Å². The zero-order valence-corrected chi connectivity index (χ0v) is 9.77. The lowest BCUT2D eigenvalue weighted by Gasteiger charge is -2.08. The first kappa shape index (κ1) is 13.9. The molecule has 0 saturated carbocycles. The molecular formula is C10H6ClFN2O4. The van der Waals surface area contributed by atoms with Crippen molar-refractivity contribution in [2.24, 2.45) is 0 Å². The van der Waals surface area contributed by atoms with E-state index in [4.69, 9.17) is 16.9 Å². The Bertz CT molecular complexity index is 556. The third kappa shape index (κ3) is 2.55. The molecule has 1 atom stereocenters. The van der Waals surface area contributed by atoms with Crippen LogP contribution < -0.4 is 0 Å². The Hall–Kier alpha value is -2.20. The molecule has 0 aliphatic heterocycles. The minimum absolute atomic E-state index is 0.392. The molecule has 1 aromatic rings. The summed E-state index contributed by atoms with van der Waals surface area (Å²) in [6, 6.07) is 2.96. The number of hydrogen-bond acceptors (Lipinski definition) is 5. The van der Waals surface area contributed by atoms with Gasteiger partial charge in [-0.3, -0.25) is 14.9 Å². The zero-order valence-electron chi connectivity index (χ0n) is 9.02. The minimum Gasteiger partial charge on any atom is -0.468 e. The number of methoxy groups -OCH3 is 1. The molecule has 6 nitrogen and oxygen atoms in total. The van der Waals surface area contributed by atoms with Crippen molar-refractivity contribution in [1.29, 1.82) is 5.26 Å². The van der Waals surface area contributed by atoms with Crippen LogP contribution in [0.5, 0.6) is 0 Å². The van der Waals surface area contributed by atoms with Crippen LogP contribution in [-0.4, -0.2) is 18.0 Å². The van der Waals surface area contributed by atoms with E-state index in [-0.39, 0.29) is 0 Å². The van der Waals surface area contributed by atoms with Crippen molar-refractivity contribution in [3.63, 3.8) is 0 Å². The van der Waals surface area contributed by atoms with Crippen LogP contribution in [-0.2, 0) is 9.53 Å². The second-order valence-corrected chi connectivity index (χ2v) is 3.57. The summed E-state index contributed by atoms with van der Waals surface area (Å²) in [6.45, 7) is 0. The van der Waals surface area contributed by atoms with E-state index in [9.17, 15) is 19.3 Å². The van der Waals surface area contributed by atoms with Crippen LogP contribution in [0, 0.1) is 27.3 Å². The van der Waals surface area contributed by atoms with Gasteiger partial charge in [0.1, 0.15) is 5.82 Å². The molecule has 0 fully saturated rings. The van der Waals surface area contributed by atoms with Crippen LogP contribution >= 0.6 is 11.6 Å². The van der Waals surface area contributed by atoms with E-state index < -0.39 is 38.9 Å². The number of nitro benzene ring substituents is 1. The van der Waals surface area contributed by atoms with Crippen LogP contribution in [0.1, 0.15) is 11.5 Å². The first-order valence-corrected chi connectivity index (χ1v) is 4.91. The average molecular weight is 273 g/mol. The molecule has 0 radical (unpaired) electrons. The second kappa shape index (κ2) is 5.42. The molecule has 94 valence electrons. The maximum Gasteiger partial charge on any atom is 0.327 e. The monoisotopic (exact) mass is 272 g/mol. The van der Waals surface area contributed by atoms with E-state index in [1.54, 1.807) is 0 Å². The molecule has 8 heteroatoms. The summed E-state index contributed by atoms with van der Waals surface area (Å²) in [5.74, 6) is -3.55. The number of carbonyl (C=O) groups is 1. The fourth-order valence-corrected chi connectivity index (χ4v) is 1.47. The molecule has 0 aliphatic carbocycles. The number of carbonyl (C=O) groups excluding carboxylic acids is 1. The van der Waals surface area contributed by atoms with Crippen LogP contribution in [0.4, 0.5) is 10.1 Å². The number of rotatable bonds is 3. The van der Waals surface area contributed by atoms with E-state index >= 15 is 0 Å². The first-order chi connectivity index (χ1) is 8.42. The van der Waals surface area contributed by atoms with Gasteiger partial charge in [-0.05, 0) is 6.07 Å². The third-order valence-electron chi connectivity index (χ3n) is 2.14. The molecular weight excluding hydrogens is 267 g/mol. The van der Waals surface area contributed by atoms with E-state index in [0.29, 0.717) is 6.07 Å². The molecule has 1 aromatic carbocycles. The van der Waals surface area contributed by atoms with Crippen molar-refractivity contribution in [2.75, 3.05) is 7.11 Å². The van der Waals surface area contributed by atoms with Gasteiger partial charge in [0.2, 0.25) is 0 Å². The Labute approximate surface area is 106 Å². The molecule has 0 spiro atoms. The first-order valence-electron chi connectivity index (χ1n) is 4.53. The Morgan fingerprint density at radius 2 is 2.28 bits per heavy atom. The van der Waals surface area contributed by atoms with Gasteiger partial charge in [-0.15, -0.1) is 0 Å². The van der Waals surface area contributed by atoms with Crippen molar-refractivity contribution in [1.82, 2.24) is 0 Å². The van der Waals surface area contributed by atoms with Crippen LogP contribution in [0.25, 0.3) is 0 Å². The smallest absolute Gasteiger partial charge is 0.327 e. The highest BCUT2D eigenvalue weighted by Gasteiger charge is 2.30. The Balaban J connectivity index is 3.47. The quantitative estimate of drug-likeness (QED) is 0.477. The van der Waals surface area contributed by atoms with Crippen LogP contribution in [0.3, 0.4) is 0 Å². The van der Waals surface area contributed by atoms with Crippen molar-refractivity contribution < 1.29 is 18.8 Å². The fourth-order valence-electron chi connectivity index (χ4n) is 1.31. The highest BCUT2D eigenvalue weighted by molar-refractivity contribution is 6.31. The van der Waals surface area contributed by atoms with Crippen molar-refractivity contribution in [2.45, 2.75) is 5.92 Å². The number of nitro groups is 1. The predicted molar refractivity (Wildman–Crippen MR) is 58.4 cm³/mol. The summed E-state index contributed by atoms with van der Waals surface area (Å²) in [5.41, 5.74) is -1.00. The number of ether oxygens (including phenoxy) is 1. The topological polar surface area (TPSA) is 93.2 Å². The Morgan fingerprint density at radius 1 is 1.67 bits per heavy atom. The highest BCUT2D eigenvalue weighted by Crippen LogP contribution is 2.31. The third-order valence-corrected chi connectivity index (χ3v) is 2.43. The lowest BCUT2D eigenvalue weighted by atomic mass is 9.98. The molecule has 18 heavy (non-hydrogen) atoms. The van der Waals surface area contributed by atoms with Crippen LogP contribution in [0.2, 0.25) is 5.02 Å². The van der Waals surface area contributed by atoms with Gasteiger partial charge in [0, 0.05) is 6.07 Å². The largest absolute Gasteiger partial charge is 0.468 e. The van der Waals surface area contributed by atoms with Gasteiger partial charge < -0.3 is 4.74 Å². The fraction of sp³-hybridized carbons (Fsp3) is 0.200. The van der Waals surface area contributed by atoms with E-state index in [0.717, 1.165) is 13.2 Å². The SMILES string of the molecule is COC(=O)C(C#N)c1cc(F)c(Cl)cc1[N+](=O)[O-]. The maximum atomic E-state index is 13.3. The van der Waals surface area contributed by atoms with Crippen molar-refractivity contribution in [3.05, 3.63) is 38.7 Å². The summed E-state index contributed by atoms with van der Waals surface area (Å²) in [6.07, 6.45) is 0.